The fourth-order valence-electron chi connectivity index (χ4n) is 2.15. The first-order valence-electron chi connectivity index (χ1n) is 6.35. The highest BCUT2D eigenvalue weighted by Gasteiger charge is 2.34. The lowest BCUT2D eigenvalue weighted by Crippen LogP contribution is -2.61. The van der Waals surface area contributed by atoms with E-state index in [0.717, 1.165) is 0 Å². The molecule has 0 spiro atoms. The molecule has 1 heterocycles. The van der Waals surface area contributed by atoms with Crippen molar-refractivity contribution in [3.05, 3.63) is 0 Å². The molecule has 0 radical (unpaired) electrons. The molecule has 0 aromatic heterocycles. The lowest BCUT2D eigenvalue weighted by atomic mass is 10.0. The number of carbonyl (C=O) groups excluding carboxylic acids is 2. The van der Waals surface area contributed by atoms with Gasteiger partial charge in [-0.25, -0.2) is 4.79 Å². The number of carboxylic acids is 1. The Hall–Kier alpha value is -1.79. The van der Waals surface area contributed by atoms with Gasteiger partial charge >= 0.3 is 12.0 Å². The van der Waals surface area contributed by atoms with Gasteiger partial charge in [0, 0.05) is 18.6 Å². The summed E-state index contributed by atoms with van der Waals surface area (Å²) in [7, 11) is 0. The van der Waals surface area contributed by atoms with Crippen molar-refractivity contribution >= 4 is 17.9 Å². The Kier molecular flexibility index (Phi) is 4.74. The number of hydrogen-bond acceptors (Lipinski definition) is 3. The van der Waals surface area contributed by atoms with Crippen LogP contribution in [0, 0.1) is 0 Å². The average Bonchev–Trinajstić information content (AvgIpc) is 2.25. The maximum atomic E-state index is 12.2. The van der Waals surface area contributed by atoms with E-state index >= 15 is 0 Å². The molecule has 0 bridgehead atoms. The van der Waals surface area contributed by atoms with Crippen LogP contribution in [0.3, 0.4) is 0 Å². The topological polar surface area (TPSA) is 98.7 Å². The molecule has 0 aromatic carbocycles. The molecule has 3 N–H and O–H groups in total. The van der Waals surface area contributed by atoms with Gasteiger partial charge in [-0.1, -0.05) is 6.92 Å². The maximum Gasteiger partial charge on any atom is 0.318 e. The maximum absolute atomic E-state index is 12.2. The quantitative estimate of drug-likeness (QED) is 0.678. The molecule has 7 nitrogen and oxygen atoms in total. The fourth-order valence-corrected chi connectivity index (χ4v) is 2.15. The van der Waals surface area contributed by atoms with E-state index in [1.807, 2.05) is 6.92 Å². The Bertz CT molecular complexity index is 381. The Morgan fingerprint density at radius 3 is 2.68 bits per heavy atom. The van der Waals surface area contributed by atoms with E-state index in [9.17, 15) is 14.4 Å². The number of rotatable bonds is 4. The number of piperazine rings is 1. The molecule has 1 saturated heterocycles. The summed E-state index contributed by atoms with van der Waals surface area (Å²) in [5.41, 5.74) is -0.852. The minimum atomic E-state index is -0.978. The number of nitrogens with zero attached hydrogens (tertiary/aromatic N) is 1. The van der Waals surface area contributed by atoms with Crippen LogP contribution in [0.5, 0.6) is 0 Å². The summed E-state index contributed by atoms with van der Waals surface area (Å²) in [5, 5.41) is 14.2. The van der Waals surface area contributed by atoms with Crippen LogP contribution in [0.15, 0.2) is 0 Å². The standard InChI is InChI=1S/C12H21N3O4/c1-4-8-10(18)13-5-6-15(8)11(19)14-12(2,3)7-9(16)17/h8H,4-7H2,1-3H3,(H,13,18)(H,14,19)(H,16,17). The van der Waals surface area contributed by atoms with Crippen molar-refractivity contribution in [1.82, 2.24) is 15.5 Å². The van der Waals surface area contributed by atoms with Crippen LogP contribution in [-0.2, 0) is 9.59 Å². The molecule has 1 rings (SSSR count). The first-order chi connectivity index (χ1) is 8.76. The van der Waals surface area contributed by atoms with Crippen molar-refractivity contribution in [2.24, 2.45) is 0 Å². The van der Waals surface area contributed by atoms with Crippen molar-refractivity contribution in [3.63, 3.8) is 0 Å². The molecule has 7 heteroatoms. The number of hydrogen-bond donors (Lipinski definition) is 3. The van der Waals surface area contributed by atoms with Gasteiger partial charge < -0.3 is 20.6 Å². The van der Waals surface area contributed by atoms with Crippen molar-refractivity contribution < 1.29 is 19.5 Å². The zero-order chi connectivity index (χ0) is 14.6. The van der Waals surface area contributed by atoms with E-state index < -0.39 is 23.6 Å². The van der Waals surface area contributed by atoms with Gasteiger partial charge in [0.25, 0.3) is 0 Å². The van der Waals surface area contributed by atoms with Crippen LogP contribution in [0.25, 0.3) is 0 Å². The first kappa shape index (κ1) is 15.3. The summed E-state index contributed by atoms with van der Waals surface area (Å²) < 4.78 is 0. The summed E-state index contributed by atoms with van der Waals surface area (Å²) in [6.45, 7) is 5.97. The average molecular weight is 271 g/mol. The van der Waals surface area contributed by atoms with E-state index in [2.05, 4.69) is 10.6 Å². The molecule has 1 aliphatic rings. The molecule has 1 atom stereocenters. The molecule has 0 aromatic rings. The Labute approximate surface area is 112 Å². The fraction of sp³-hybridized carbons (Fsp3) is 0.750. The lowest BCUT2D eigenvalue weighted by molar-refractivity contribution is -0.138. The summed E-state index contributed by atoms with van der Waals surface area (Å²) in [5.74, 6) is -1.14. The second-order valence-electron chi connectivity index (χ2n) is 5.29. The van der Waals surface area contributed by atoms with Crippen LogP contribution in [0.4, 0.5) is 4.79 Å². The molecule has 3 amide bonds. The van der Waals surface area contributed by atoms with Crippen molar-refractivity contribution in [2.75, 3.05) is 13.1 Å². The molecular formula is C12H21N3O4. The monoisotopic (exact) mass is 271 g/mol. The number of carboxylic acid groups (broad SMARTS) is 1. The number of carbonyl (C=O) groups is 3. The number of amides is 3. The van der Waals surface area contributed by atoms with Crippen LogP contribution in [0.1, 0.15) is 33.6 Å². The smallest absolute Gasteiger partial charge is 0.318 e. The van der Waals surface area contributed by atoms with E-state index in [0.29, 0.717) is 19.5 Å². The lowest BCUT2D eigenvalue weighted by Gasteiger charge is -2.37. The Morgan fingerprint density at radius 2 is 2.16 bits per heavy atom. The van der Waals surface area contributed by atoms with Gasteiger partial charge in [-0.3, -0.25) is 9.59 Å². The first-order valence-corrected chi connectivity index (χ1v) is 6.35. The van der Waals surface area contributed by atoms with E-state index in [4.69, 9.17) is 5.11 Å². The van der Waals surface area contributed by atoms with Crippen molar-refractivity contribution in [2.45, 2.75) is 45.2 Å². The minimum Gasteiger partial charge on any atom is -0.481 e. The predicted molar refractivity (Wildman–Crippen MR) is 68.7 cm³/mol. The second kappa shape index (κ2) is 5.90. The van der Waals surface area contributed by atoms with Crippen molar-refractivity contribution in [1.29, 1.82) is 0 Å². The van der Waals surface area contributed by atoms with Gasteiger partial charge in [0.05, 0.1) is 6.42 Å². The zero-order valence-electron chi connectivity index (χ0n) is 11.5. The van der Waals surface area contributed by atoms with Crippen LogP contribution in [0.2, 0.25) is 0 Å². The third-order valence-corrected chi connectivity index (χ3v) is 3.02. The molecule has 19 heavy (non-hydrogen) atoms. The third-order valence-electron chi connectivity index (χ3n) is 3.02. The van der Waals surface area contributed by atoms with Gasteiger partial charge in [-0.2, -0.15) is 0 Å². The molecule has 108 valence electrons. The highest BCUT2D eigenvalue weighted by Crippen LogP contribution is 2.13. The molecule has 1 fully saturated rings. The normalized spacial score (nSPS) is 19.8. The van der Waals surface area contributed by atoms with Crippen LogP contribution >= 0.6 is 0 Å². The minimum absolute atomic E-state index is 0.167. The zero-order valence-corrected chi connectivity index (χ0v) is 11.5. The third kappa shape index (κ3) is 4.11. The number of urea groups is 1. The van der Waals surface area contributed by atoms with E-state index in [1.54, 1.807) is 13.8 Å². The SMILES string of the molecule is CCC1C(=O)NCCN1C(=O)NC(C)(C)CC(=O)O. The predicted octanol–water partition coefficient (Wildman–Crippen LogP) is 0.160. The highest BCUT2D eigenvalue weighted by atomic mass is 16.4. The summed E-state index contributed by atoms with van der Waals surface area (Å²) >= 11 is 0. The number of nitrogens with one attached hydrogen (secondary N) is 2. The molecule has 0 aliphatic carbocycles. The van der Waals surface area contributed by atoms with Gasteiger partial charge in [-0.05, 0) is 20.3 Å². The Balaban J connectivity index is 2.70. The molecule has 0 saturated carbocycles. The van der Waals surface area contributed by atoms with E-state index in [1.165, 1.54) is 4.90 Å². The highest BCUT2D eigenvalue weighted by molar-refractivity contribution is 5.88. The number of aliphatic carboxylic acids is 1. The molecular weight excluding hydrogens is 250 g/mol. The van der Waals surface area contributed by atoms with Gasteiger partial charge in [-0.15, -0.1) is 0 Å². The molecule has 1 unspecified atom stereocenters. The van der Waals surface area contributed by atoms with Gasteiger partial charge in [0.1, 0.15) is 6.04 Å². The summed E-state index contributed by atoms with van der Waals surface area (Å²) in [6, 6.07) is -0.887. The largest absolute Gasteiger partial charge is 0.481 e. The van der Waals surface area contributed by atoms with Crippen LogP contribution < -0.4 is 10.6 Å². The van der Waals surface area contributed by atoms with Gasteiger partial charge in [0.15, 0.2) is 0 Å². The Morgan fingerprint density at radius 1 is 1.53 bits per heavy atom. The second-order valence-corrected chi connectivity index (χ2v) is 5.29. The summed E-state index contributed by atoms with van der Waals surface area (Å²) in [6.07, 6.45) is 0.355. The van der Waals surface area contributed by atoms with Crippen molar-refractivity contribution in [3.8, 4) is 0 Å². The summed E-state index contributed by atoms with van der Waals surface area (Å²) in [4.78, 5) is 36.0. The van der Waals surface area contributed by atoms with Gasteiger partial charge in [0.2, 0.25) is 5.91 Å². The molecule has 1 aliphatic heterocycles. The van der Waals surface area contributed by atoms with E-state index in [-0.39, 0.29) is 12.3 Å². The van der Waals surface area contributed by atoms with Crippen LogP contribution in [-0.4, -0.2) is 52.6 Å².